The lowest BCUT2D eigenvalue weighted by Crippen LogP contribution is -2.24. The SMILES string of the molecule is CCOC(=O)c1c(NC(=O)CS(=O)(=O)c2nnc(COc3ccc(Cl)cc3)o2)sc2c1CCCC2. The highest BCUT2D eigenvalue weighted by Gasteiger charge is 2.30. The van der Waals surface area contributed by atoms with Crippen LogP contribution in [0.4, 0.5) is 5.00 Å². The molecule has 10 nitrogen and oxygen atoms in total. The van der Waals surface area contributed by atoms with Crippen molar-refractivity contribution in [3.8, 4) is 5.75 Å². The minimum Gasteiger partial charge on any atom is -0.484 e. The van der Waals surface area contributed by atoms with Crippen molar-refractivity contribution in [2.75, 3.05) is 17.7 Å². The number of esters is 1. The molecule has 2 heterocycles. The van der Waals surface area contributed by atoms with E-state index in [1.165, 1.54) is 11.3 Å². The zero-order valence-electron chi connectivity index (χ0n) is 18.7. The maximum Gasteiger partial charge on any atom is 0.341 e. The van der Waals surface area contributed by atoms with Crippen LogP contribution in [0.5, 0.6) is 5.75 Å². The van der Waals surface area contributed by atoms with Gasteiger partial charge in [0.1, 0.15) is 16.5 Å². The Kier molecular flexibility index (Phi) is 7.72. The van der Waals surface area contributed by atoms with Crippen molar-refractivity contribution in [1.29, 1.82) is 0 Å². The second kappa shape index (κ2) is 10.8. The second-order valence-corrected chi connectivity index (χ2v) is 11.1. The number of benzene rings is 1. The number of nitrogens with zero attached hydrogens (tertiary/aromatic N) is 2. The van der Waals surface area contributed by atoms with E-state index in [0.717, 1.165) is 29.7 Å². The quantitative estimate of drug-likeness (QED) is 0.402. The Morgan fingerprint density at radius 2 is 1.91 bits per heavy atom. The van der Waals surface area contributed by atoms with Crippen molar-refractivity contribution < 1.29 is 31.9 Å². The molecule has 1 amide bonds. The average Bonchev–Trinajstić information content (AvgIpc) is 3.43. The second-order valence-electron chi connectivity index (χ2n) is 7.65. The lowest BCUT2D eigenvalue weighted by Gasteiger charge is -2.12. The number of halogens is 1. The van der Waals surface area contributed by atoms with Crippen molar-refractivity contribution in [2.45, 2.75) is 44.4 Å². The molecule has 3 aromatic rings. The van der Waals surface area contributed by atoms with Gasteiger partial charge in [0.25, 0.3) is 5.89 Å². The molecular formula is C22H22ClN3O7S2. The van der Waals surface area contributed by atoms with Crippen LogP contribution >= 0.6 is 22.9 Å². The van der Waals surface area contributed by atoms with Gasteiger partial charge in [-0.1, -0.05) is 16.7 Å². The molecule has 0 spiro atoms. The Morgan fingerprint density at radius 3 is 2.66 bits per heavy atom. The topological polar surface area (TPSA) is 138 Å². The summed E-state index contributed by atoms with van der Waals surface area (Å²) in [5.41, 5.74) is 1.16. The van der Waals surface area contributed by atoms with E-state index in [0.29, 0.717) is 22.8 Å². The Morgan fingerprint density at radius 1 is 1.17 bits per heavy atom. The predicted octanol–water partition coefficient (Wildman–Crippen LogP) is 3.83. The van der Waals surface area contributed by atoms with Gasteiger partial charge in [-0.25, -0.2) is 13.2 Å². The molecule has 0 unspecified atom stereocenters. The highest BCUT2D eigenvalue weighted by molar-refractivity contribution is 7.91. The standard InChI is InChI=1S/C22H22ClN3O7S2/c1-2-31-21(28)19-15-5-3-4-6-16(15)34-20(19)24-17(27)12-35(29,30)22-26-25-18(33-22)11-32-14-9-7-13(23)8-10-14/h7-10H,2-6,11-12H2,1H3,(H,24,27). The number of amides is 1. The van der Waals surface area contributed by atoms with Crippen molar-refractivity contribution >= 4 is 49.7 Å². The smallest absolute Gasteiger partial charge is 0.341 e. The van der Waals surface area contributed by atoms with E-state index >= 15 is 0 Å². The number of sulfone groups is 1. The van der Waals surface area contributed by atoms with Crippen LogP contribution in [0.1, 0.15) is 46.5 Å². The zero-order valence-corrected chi connectivity index (χ0v) is 21.1. The number of thiophene rings is 1. The Labute approximate surface area is 210 Å². The number of aryl methyl sites for hydroxylation is 1. The molecule has 35 heavy (non-hydrogen) atoms. The van der Waals surface area contributed by atoms with Gasteiger partial charge >= 0.3 is 11.2 Å². The maximum atomic E-state index is 12.7. The largest absolute Gasteiger partial charge is 0.484 e. The summed E-state index contributed by atoms with van der Waals surface area (Å²) in [6.07, 6.45) is 3.42. The number of ether oxygens (including phenoxy) is 2. The minimum atomic E-state index is -4.23. The van der Waals surface area contributed by atoms with Crippen molar-refractivity contribution in [3.63, 3.8) is 0 Å². The molecule has 0 radical (unpaired) electrons. The number of aromatic nitrogens is 2. The highest BCUT2D eigenvalue weighted by atomic mass is 35.5. The van der Waals surface area contributed by atoms with Crippen molar-refractivity contribution in [1.82, 2.24) is 10.2 Å². The van der Waals surface area contributed by atoms with Gasteiger partial charge in [0.2, 0.25) is 15.7 Å². The molecule has 13 heteroatoms. The molecule has 0 fully saturated rings. The van der Waals surface area contributed by atoms with Gasteiger partial charge in [0.05, 0.1) is 12.2 Å². The molecule has 0 bridgehead atoms. The third-order valence-corrected chi connectivity index (χ3v) is 7.91. The molecule has 2 aromatic heterocycles. The van der Waals surface area contributed by atoms with Crippen LogP contribution in [0.25, 0.3) is 0 Å². The molecular weight excluding hydrogens is 518 g/mol. The molecule has 0 saturated carbocycles. The first-order chi connectivity index (χ1) is 16.8. The van der Waals surface area contributed by atoms with Crippen LogP contribution in [0.2, 0.25) is 5.02 Å². The number of rotatable bonds is 9. The van der Waals surface area contributed by atoms with Gasteiger partial charge in [0.15, 0.2) is 6.61 Å². The Hall–Kier alpha value is -2.96. The molecule has 1 N–H and O–H groups in total. The summed E-state index contributed by atoms with van der Waals surface area (Å²) in [5, 5.41) is 9.91. The molecule has 186 valence electrons. The predicted molar refractivity (Wildman–Crippen MR) is 128 cm³/mol. The lowest BCUT2D eigenvalue weighted by molar-refractivity contribution is -0.113. The van der Waals surface area contributed by atoms with E-state index in [1.54, 1.807) is 31.2 Å². The molecule has 4 rings (SSSR count). The summed E-state index contributed by atoms with van der Waals surface area (Å²) in [6, 6.07) is 6.54. The molecule has 1 aromatic carbocycles. The summed E-state index contributed by atoms with van der Waals surface area (Å²) >= 11 is 7.09. The van der Waals surface area contributed by atoms with Crippen LogP contribution in [-0.2, 0) is 38.8 Å². The third kappa shape index (κ3) is 6.00. The Balaban J connectivity index is 1.43. The highest BCUT2D eigenvalue weighted by Crippen LogP contribution is 2.38. The van der Waals surface area contributed by atoms with Gasteiger partial charge in [-0.15, -0.1) is 16.4 Å². The first-order valence-corrected chi connectivity index (χ1v) is 13.7. The average molecular weight is 540 g/mol. The fourth-order valence-electron chi connectivity index (χ4n) is 3.57. The number of hydrogen-bond acceptors (Lipinski definition) is 10. The maximum absolute atomic E-state index is 12.7. The number of carbonyl (C=O) groups excluding carboxylic acids is 2. The lowest BCUT2D eigenvalue weighted by atomic mass is 9.95. The number of nitrogens with one attached hydrogen (secondary N) is 1. The van der Waals surface area contributed by atoms with E-state index in [-0.39, 0.29) is 24.1 Å². The van der Waals surface area contributed by atoms with E-state index < -0.39 is 32.7 Å². The van der Waals surface area contributed by atoms with Crippen LogP contribution in [0.3, 0.4) is 0 Å². The fourth-order valence-corrected chi connectivity index (χ4v) is 5.92. The van der Waals surface area contributed by atoms with E-state index in [2.05, 4.69) is 15.5 Å². The van der Waals surface area contributed by atoms with Crippen LogP contribution in [0.15, 0.2) is 33.9 Å². The fraction of sp³-hybridized carbons (Fsp3) is 0.364. The number of anilines is 1. The molecule has 0 aliphatic heterocycles. The summed E-state index contributed by atoms with van der Waals surface area (Å²) in [4.78, 5) is 26.2. The number of carbonyl (C=O) groups is 2. The molecule has 1 aliphatic carbocycles. The van der Waals surface area contributed by atoms with Crippen LogP contribution < -0.4 is 10.1 Å². The third-order valence-electron chi connectivity index (χ3n) is 5.12. The van der Waals surface area contributed by atoms with Gasteiger partial charge in [0, 0.05) is 9.90 Å². The summed E-state index contributed by atoms with van der Waals surface area (Å²) in [5.74, 6) is -1.89. The first kappa shape index (κ1) is 25.1. The van der Waals surface area contributed by atoms with Crippen molar-refractivity contribution in [2.24, 2.45) is 0 Å². The van der Waals surface area contributed by atoms with E-state index in [4.69, 9.17) is 25.5 Å². The van der Waals surface area contributed by atoms with E-state index in [9.17, 15) is 18.0 Å². The van der Waals surface area contributed by atoms with E-state index in [1.807, 2.05) is 0 Å². The number of hydrogen-bond donors (Lipinski definition) is 1. The first-order valence-electron chi connectivity index (χ1n) is 10.8. The van der Waals surface area contributed by atoms with Gasteiger partial charge in [-0.05, 0) is 62.4 Å². The summed E-state index contributed by atoms with van der Waals surface area (Å²) < 4.78 is 41.1. The van der Waals surface area contributed by atoms with Crippen LogP contribution in [0, 0.1) is 0 Å². The molecule has 0 atom stereocenters. The van der Waals surface area contributed by atoms with Gasteiger partial charge < -0.3 is 19.2 Å². The van der Waals surface area contributed by atoms with Crippen LogP contribution in [-0.4, -0.2) is 42.9 Å². The summed E-state index contributed by atoms with van der Waals surface area (Å²) in [6.45, 7) is 1.72. The monoisotopic (exact) mass is 539 g/mol. The summed E-state index contributed by atoms with van der Waals surface area (Å²) in [7, 11) is -4.23. The van der Waals surface area contributed by atoms with Gasteiger partial charge in [-0.2, -0.15) is 0 Å². The van der Waals surface area contributed by atoms with Gasteiger partial charge in [-0.3, -0.25) is 4.79 Å². The Bertz CT molecular complexity index is 1330. The van der Waals surface area contributed by atoms with Crippen molar-refractivity contribution in [3.05, 3.63) is 51.2 Å². The number of fused-ring (bicyclic) bond motifs is 1. The minimum absolute atomic E-state index is 0.0746. The zero-order chi connectivity index (χ0) is 25.0. The molecule has 1 aliphatic rings. The molecule has 0 saturated heterocycles. The normalized spacial score (nSPS) is 13.2.